The summed E-state index contributed by atoms with van der Waals surface area (Å²) in [4.78, 5) is 27.5. The molecule has 2 aromatic rings. The summed E-state index contributed by atoms with van der Waals surface area (Å²) in [5.74, 6) is 0.602. The quantitative estimate of drug-likeness (QED) is 0.0867. The molecule has 24 heteroatoms. The molecule has 18 nitrogen and oxygen atoms in total. The van der Waals surface area contributed by atoms with Crippen LogP contribution in [0.15, 0.2) is 78.5 Å². The van der Waals surface area contributed by atoms with Gasteiger partial charge in [0.2, 0.25) is 11.9 Å². The molecule has 3 N–H and O–H groups in total. The van der Waals surface area contributed by atoms with Crippen LogP contribution in [0.3, 0.4) is 0 Å². The van der Waals surface area contributed by atoms with E-state index in [4.69, 9.17) is 39.6 Å². The number of benzene rings is 2. The summed E-state index contributed by atoms with van der Waals surface area (Å²) in [5, 5.41) is 32.8. The number of rotatable bonds is 7. The molecule has 0 bridgehead atoms. The Kier molecular flexibility index (Phi) is 20.2. The maximum absolute atomic E-state index is 12.5. The summed E-state index contributed by atoms with van der Waals surface area (Å²) < 4.78 is 48.9. The van der Waals surface area contributed by atoms with Gasteiger partial charge in [-0.3, -0.25) is 30.2 Å². The number of hydrogen-bond donors (Lipinski definition) is 2. The molecule has 0 saturated carbocycles. The van der Waals surface area contributed by atoms with E-state index < -0.39 is 28.9 Å². The molecule has 2 aromatic carbocycles. The van der Waals surface area contributed by atoms with Crippen molar-refractivity contribution in [2.45, 2.75) is 51.3 Å². The fraction of sp³-hybridized carbons (Fsp3) is 0.448. The molecule has 4 rings (SSSR count). The van der Waals surface area contributed by atoms with E-state index >= 15 is 0 Å². The van der Waals surface area contributed by atoms with Crippen LogP contribution in [0.25, 0.3) is 0 Å². The van der Waals surface area contributed by atoms with Gasteiger partial charge in [-0.2, -0.15) is 10.2 Å². The largest absolute Gasteiger partial charge is 0.368 e. The minimum Gasteiger partial charge on any atom is -0.368 e. The van der Waals surface area contributed by atoms with Gasteiger partial charge in [0.25, 0.3) is 30.4 Å². The molecule has 2 aliphatic heterocycles. The number of nitrogens with two attached hydrogens (primary N) is 1. The Morgan fingerprint density at radius 2 is 1.26 bits per heavy atom. The molecule has 0 fully saturated rings. The number of nitro groups is 2. The maximum Gasteiger partial charge on any atom is 0.270 e. The average molecular weight is 865 g/mol. The molecule has 0 aliphatic carbocycles. The third-order valence-corrected chi connectivity index (χ3v) is 8.90. The molecule has 0 spiro atoms. The number of guanidine groups is 2. The van der Waals surface area contributed by atoms with Gasteiger partial charge in [0, 0.05) is 71.3 Å². The SMILES string of the molecule is CCN=C(N)N1CC(C)(C)C=N1.CCN=C(NS(=O)(=O)c1cccc([N+](=O)[O-])c1)N1CC(C)(C)C=N1.Cl.ClCCl.O=[N+]([O-])c1cccc(S(=O)(=O)Cl)c1. The van der Waals surface area contributed by atoms with E-state index in [0.717, 1.165) is 18.7 Å². The summed E-state index contributed by atoms with van der Waals surface area (Å²) in [5.41, 5.74) is 4.99. The van der Waals surface area contributed by atoms with Gasteiger partial charge < -0.3 is 5.73 Å². The number of hydrogen-bond acceptors (Lipinski definition) is 12. The van der Waals surface area contributed by atoms with E-state index in [2.05, 4.69) is 38.8 Å². The van der Waals surface area contributed by atoms with Gasteiger partial charge in [0.1, 0.15) is 0 Å². The molecule has 2 heterocycles. The Morgan fingerprint density at radius 1 is 0.849 bits per heavy atom. The average Bonchev–Trinajstić information content (AvgIpc) is 3.62. The van der Waals surface area contributed by atoms with E-state index in [-0.39, 0.29) is 55.7 Å². The lowest BCUT2D eigenvalue weighted by molar-refractivity contribution is -0.385. The summed E-state index contributed by atoms with van der Waals surface area (Å²) in [6, 6.07) is 9.38. The summed E-state index contributed by atoms with van der Waals surface area (Å²) in [7, 11) is -2.92. The fourth-order valence-corrected chi connectivity index (χ4v) is 5.76. The van der Waals surface area contributed by atoms with E-state index in [0.29, 0.717) is 25.6 Å². The third kappa shape index (κ3) is 17.2. The molecule has 0 aromatic heterocycles. The number of nitrogens with one attached hydrogen (secondary N) is 1. The lowest BCUT2D eigenvalue weighted by atomic mass is 9.97. The van der Waals surface area contributed by atoms with Gasteiger partial charge in [-0.05, 0) is 26.0 Å². The van der Waals surface area contributed by atoms with E-state index in [1.54, 1.807) is 18.1 Å². The zero-order valence-corrected chi connectivity index (χ0v) is 34.3. The van der Waals surface area contributed by atoms with E-state index in [1.807, 2.05) is 27.0 Å². The Bertz CT molecular complexity index is 1890. The monoisotopic (exact) mass is 862 g/mol. The highest BCUT2D eigenvalue weighted by Crippen LogP contribution is 2.23. The minimum absolute atomic E-state index is 0. The predicted molar refractivity (Wildman–Crippen MR) is 211 cm³/mol. The highest BCUT2D eigenvalue weighted by molar-refractivity contribution is 8.13. The van der Waals surface area contributed by atoms with Gasteiger partial charge in [-0.15, -0.1) is 35.6 Å². The second kappa shape index (κ2) is 21.8. The Hall–Kier alpha value is -3.82. The summed E-state index contributed by atoms with van der Waals surface area (Å²) >= 11 is 9.53. The Labute approximate surface area is 329 Å². The third-order valence-electron chi connectivity index (χ3n) is 6.22. The molecule has 0 amide bonds. The fourth-order valence-electron chi connectivity index (χ4n) is 3.91. The first-order chi connectivity index (χ1) is 24.0. The van der Waals surface area contributed by atoms with Crippen molar-refractivity contribution in [2.24, 2.45) is 36.8 Å². The van der Waals surface area contributed by atoms with Crippen LogP contribution in [-0.4, -0.2) is 92.6 Å². The van der Waals surface area contributed by atoms with Gasteiger partial charge in [0.05, 0.1) is 38.1 Å². The Morgan fingerprint density at radius 3 is 1.64 bits per heavy atom. The van der Waals surface area contributed by atoms with Crippen molar-refractivity contribution in [2.75, 3.05) is 31.5 Å². The number of nitrogens with zero attached hydrogens (tertiary/aromatic N) is 8. The first-order valence-electron chi connectivity index (χ1n) is 15.1. The molecular weight excluding hydrogens is 822 g/mol. The van der Waals surface area contributed by atoms with Crippen molar-refractivity contribution in [3.63, 3.8) is 0 Å². The van der Waals surface area contributed by atoms with Crippen molar-refractivity contribution in [3.8, 4) is 0 Å². The van der Waals surface area contributed by atoms with Gasteiger partial charge in [0.15, 0.2) is 0 Å². The van der Waals surface area contributed by atoms with E-state index in [1.165, 1.54) is 41.4 Å². The normalized spacial score (nSPS) is 15.8. The van der Waals surface area contributed by atoms with Crippen LogP contribution in [-0.2, 0) is 19.1 Å². The second-order valence-electron chi connectivity index (χ2n) is 11.9. The first kappa shape index (κ1) is 49.2. The molecule has 296 valence electrons. The van der Waals surface area contributed by atoms with E-state index in [9.17, 15) is 37.1 Å². The van der Waals surface area contributed by atoms with Gasteiger partial charge in [-0.1, -0.05) is 39.8 Å². The van der Waals surface area contributed by atoms with Crippen LogP contribution in [0.5, 0.6) is 0 Å². The zero-order chi connectivity index (χ0) is 39.9. The van der Waals surface area contributed by atoms with Gasteiger partial charge in [-0.25, -0.2) is 31.6 Å². The van der Waals surface area contributed by atoms with Crippen LogP contribution in [0.2, 0.25) is 0 Å². The Balaban J connectivity index is 0.000000790. The molecule has 0 saturated heterocycles. The second-order valence-corrected chi connectivity index (χ2v) is 16.9. The number of hydrazone groups is 2. The minimum atomic E-state index is -4.01. The smallest absolute Gasteiger partial charge is 0.270 e. The van der Waals surface area contributed by atoms with Crippen LogP contribution in [0, 0.1) is 31.1 Å². The van der Waals surface area contributed by atoms with Crippen LogP contribution in [0.4, 0.5) is 11.4 Å². The highest BCUT2D eigenvalue weighted by atomic mass is 35.7. The highest BCUT2D eigenvalue weighted by Gasteiger charge is 2.30. The molecule has 53 heavy (non-hydrogen) atoms. The number of non-ortho nitro benzene ring substituents is 2. The summed E-state index contributed by atoms with van der Waals surface area (Å²) in [6.07, 6.45) is 3.63. The van der Waals surface area contributed by atoms with Gasteiger partial charge >= 0.3 is 0 Å². The molecule has 0 unspecified atom stereocenters. The van der Waals surface area contributed by atoms with Crippen molar-refractivity contribution >= 4 is 101 Å². The lowest BCUT2D eigenvalue weighted by Gasteiger charge is -2.21. The standard InChI is InChI=1S/C14H19N5O4S.C8H16N4.C6H4ClNO4S.CH2Cl2.ClH/c1-4-15-13(18-10-14(2,3)9-16-18)17-24(22,23)12-7-5-6-11(8-12)19(20)21;1-4-10-7(9)12-6-8(2,3)5-11-12;7-13(11,12)6-3-1-2-5(4-6)8(9)10;2-1-3;/h5-9H,4,10H2,1-3H3,(H,15,17);5H,4,6H2,1-3H3,(H2,9,10);1-4H;1H2;1H. The number of alkyl halides is 2. The molecular formula is C29H42Cl4N10O8S2. The van der Waals surface area contributed by atoms with Crippen LogP contribution >= 0.6 is 46.3 Å². The summed E-state index contributed by atoms with van der Waals surface area (Å²) in [6.45, 7) is 14.3. The first-order valence-corrected chi connectivity index (χ1v) is 20.0. The molecule has 2 aliphatic rings. The topological polar surface area (TPSA) is 249 Å². The van der Waals surface area contributed by atoms with Crippen molar-refractivity contribution in [3.05, 3.63) is 68.8 Å². The number of sulfonamides is 1. The number of aliphatic imine (C=N–C) groups is 2. The molecule has 0 radical (unpaired) electrons. The van der Waals surface area contributed by atoms with Crippen molar-refractivity contribution < 1.29 is 26.7 Å². The molecule has 0 atom stereocenters. The maximum atomic E-state index is 12.5. The van der Waals surface area contributed by atoms with Crippen LogP contribution < -0.4 is 10.5 Å². The van der Waals surface area contributed by atoms with Crippen LogP contribution in [0.1, 0.15) is 41.5 Å². The number of halogens is 4. The zero-order valence-electron chi connectivity index (χ0n) is 29.6. The van der Waals surface area contributed by atoms with Crippen molar-refractivity contribution in [1.29, 1.82) is 0 Å². The number of nitro benzene ring substituents is 2. The van der Waals surface area contributed by atoms with Crippen molar-refractivity contribution in [1.82, 2.24) is 14.7 Å². The lowest BCUT2D eigenvalue weighted by Crippen LogP contribution is -2.42. The predicted octanol–water partition coefficient (Wildman–Crippen LogP) is 5.59.